The molecule has 3 nitrogen and oxygen atoms in total. The molecule has 0 bridgehead atoms. The van der Waals surface area contributed by atoms with Gasteiger partial charge in [0, 0.05) is 36.7 Å². The van der Waals surface area contributed by atoms with Gasteiger partial charge in [0.25, 0.3) is 0 Å². The van der Waals surface area contributed by atoms with Crippen molar-refractivity contribution in [2.24, 2.45) is 0 Å². The summed E-state index contributed by atoms with van der Waals surface area (Å²) in [5.41, 5.74) is 1.33. The highest BCUT2D eigenvalue weighted by Gasteiger charge is 2.17. The lowest BCUT2D eigenvalue weighted by Crippen LogP contribution is -2.50. The van der Waals surface area contributed by atoms with Crippen molar-refractivity contribution in [3.05, 3.63) is 34.3 Å². The fourth-order valence-corrected chi connectivity index (χ4v) is 2.78. The van der Waals surface area contributed by atoms with Gasteiger partial charge < -0.3 is 15.5 Å². The molecule has 1 aliphatic heterocycles. The first kappa shape index (κ1) is 14.0. The fraction of sp³-hybridized carbons (Fsp3) is 0.571. The van der Waals surface area contributed by atoms with Gasteiger partial charge in [-0.2, -0.15) is 0 Å². The molecule has 4 heteroatoms. The number of piperazine rings is 1. The highest BCUT2D eigenvalue weighted by molar-refractivity contribution is 9.10. The Bertz CT molecular complexity index is 370. The first-order chi connectivity index (χ1) is 8.75. The van der Waals surface area contributed by atoms with E-state index in [1.54, 1.807) is 0 Å². The molecule has 18 heavy (non-hydrogen) atoms. The second kappa shape index (κ2) is 7.24. The molecule has 0 spiro atoms. The van der Waals surface area contributed by atoms with Crippen LogP contribution in [0.15, 0.2) is 28.7 Å². The number of nitrogens with zero attached hydrogens (tertiary/aromatic N) is 1. The summed E-state index contributed by atoms with van der Waals surface area (Å²) in [5.74, 6) is 0. The molecule has 1 fully saturated rings. The summed E-state index contributed by atoms with van der Waals surface area (Å²) in [6, 6.07) is 9.15. The minimum absolute atomic E-state index is 0.675. The molecule has 1 atom stereocenters. The topological polar surface area (TPSA) is 27.3 Å². The van der Waals surface area contributed by atoms with E-state index < -0.39 is 0 Å². The smallest absolute Gasteiger partial charge is 0.0230 e. The number of hydrogen-bond donors (Lipinski definition) is 2. The number of hydrogen-bond acceptors (Lipinski definition) is 3. The van der Waals surface area contributed by atoms with E-state index in [4.69, 9.17) is 0 Å². The highest BCUT2D eigenvalue weighted by atomic mass is 79.9. The van der Waals surface area contributed by atoms with Gasteiger partial charge in [-0.1, -0.05) is 28.1 Å². The van der Waals surface area contributed by atoms with Crippen LogP contribution in [0, 0.1) is 0 Å². The predicted octanol–water partition coefficient (Wildman–Crippen LogP) is 1.83. The Balaban J connectivity index is 1.66. The monoisotopic (exact) mass is 311 g/mol. The molecule has 1 heterocycles. The first-order valence-corrected chi connectivity index (χ1v) is 7.41. The molecule has 1 unspecified atom stereocenters. The van der Waals surface area contributed by atoms with Gasteiger partial charge >= 0.3 is 0 Å². The van der Waals surface area contributed by atoms with E-state index in [1.165, 1.54) is 12.0 Å². The summed E-state index contributed by atoms with van der Waals surface area (Å²) in [6.45, 7) is 5.43. The van der Waals surface area contributed by atoms with Crippen LogP contribution in [0.2, 0.25) is 0 Å². The van der Waals surface area contributed by atoms with Crippen LogP contribution < -0.4 is 10.6 Å². The van der Waals surface area contributed by atoms with Crippen molar-refractivity contribution in [3.8, 4) is 0 Å². The largest absolute Gasteiger partial charge is 0.314 e. The molecule has 1 aliphatic rings. The van der Waals surface area contributed by atoms with Crippen molar-refractivity contribution in [1.29, 1.82) is 0 Å². The molecule has 1 aromatic carbocycles. The van der Waals surface area contributed by atoms with Crippen LogP contribution in [-0.4, -0.2) is 44.2 Å². The average molecular weight is 312 g/mol. The van der Waals surface area contributed by atoms with Crippen molar-refractivity contribution < 1.29 is 0 Å². The van der Waals surface area contributed by atoms with Crippen molar-refractivity contribution in [3.63, 3.8) is 0 Å². The summed E-state index contributed by atoms with van der Waals surface area (Å²) in [5, 5.41) is 6.98. The van der Waals surface area contributed by atoms with E-state index >= 15 is 0 Å². The number of benzene rings is 1. The Morgan fingerprint density at radius 2 is 2.39 bits per heavy atom. The molecule has 0 aliphatic carbocycles. The number of likely N-dealkylation sites (N-methyl/N-ethyl adjacent to an activating group) is 1. The SMILES string of the molecule is CN1CCNCC1CCNCc1cccc(Br)c1. The Labute approximate surface area is 118 Å². The standard InChI is InChI=1S/C14H22BrN3/c1-18-8-7-17-11-14(18)5-6-16-10-12-3-2-4-13(15)9-12/h2-4,9,14,16-17H,5-8,10-11H2,1H3. The van der Waals surface area contributed by atoms with Crippen molar-refractivity contribution >= 4 is 15.9 Å². The van der Waals surface area contributed by atoms with Gasteiger partial charge in [-0.3, -0.25) is 0 Å². The van der Waals surface area contributed by atoms with Gasteiger partial charge in [0.1, 0.15) is 0 Å². The minimum atomic E-state index is 0.675. The van der Waals surface area contributed by atoms with E-state index in [9.17, 15) is 0 Å². The molecule has 100 valence electrons. The summed E-state index contributed by atoms with van der Waals surface area (Å²) in [7, 11) is 2.22. The van der Waals surface area contributed by atoms with Crippen LogP contribution >= 0.6 is 15.9 Å². The number of nitrogens with one attached hydrogen (secondary N) is 2. The normalized spacial score (nSPS) is 21.1. The molecule has 0 aromatic heterocycles. The summed E-state index contributed by atoms with van der Waals surface area (Å²) < 4.78 is 1.15. The molecule has 0 amide bonds. The molecule has 0 radical (unpaired) electrons. The summed E-state index contributed by atoms with van der Waals surface area (Å²) in [4.78, 5) is 2.46. The molecule has 1 aromatic rings. The van der Waals surface area contributed by atoms with Crippen LogP contribution in [-0.2, 0) is 6.54 Å². The maximum atomic E-state index is 3.52. The zero-order chi connectivity index (χ0) is 12.8. The molecular formula is C14H22BrN3. The van der Waals surface area contributed by atoms with Gasteiger partial charge in [-0.25, -0.2) is 0 Å². The highest BCUT2D eigenvalue weighted by Crippen LogP contribution is 2.11. The van der Waals surface area contributed by atoms with Crippen LogP contribution in [0.1, 0.15) is 12.0 Å². The van der Waals surface area contributed by atoms with Crippen LogP contribution in [0.5, 0.6) is 0 Å². The fourth-order valence-electron chi connectivity index (χ4n) is 2.33. The summed E-state index contributed by atoms with van der Waals surface area (Å²) >= 11 is 3.50. The summed E-state index contributed by atoms with van der Waals surface area (Å²) in [6.07, 6.45) is 1.21. The molecular weight excluding hydrogens is 290 g/mol. The zero-order valence-electron chi connectivity index (χ0n) is 11.0. The van der Waals surface area contributed by atoms with Gasteiger partial charge in [0.05, 0.1) is 0 Å². The van der Waals surface area contributed by atoms with E-state index in [0.29, 0.717) is 6.04 Å². The van der Waals surface area contributed by atoms with Crippen LogP contribution in [0.3, 0.4) is 0 Å². The third-order valence-corrected chi connectivity index (χ3v) is 4.01. The average Bonchev–Trinajstić information content (AvgIpc) is 2.37. The first-order valence-electron chi connectivity index (χ1n) is 6.62. The van der Waals surface area contributed by atoms with Gasteiger partial charge in [0.15, 0.2) is 0 Å². The number of halogens is 1. The van der Waals surface area contributed by atoms with Gasteiger partial charge in [-0.05, 0) is 37.7 Å². The Kier molecular flexibility index (Phi) is 5.63. The third kappa shape index (κ3) is 4.35. The lowest BCUT2D eigenvalue weighted by molar-refractivity contribution is 0.189. The quantitative estimate of drug-likeness (QED) is 0.813. The molecule has 2 rings (SSSR count). The molecule has 1 saturated heterocycles. The van der Waals surface area contributed by atoms with E-state index in [1.807, 2.05) is 0 Å². The van der Waals surface area contributed by atoms with Gasteiger partial charge in [0.2, 0.25) is 0 Å². The lowest BCUT2D eigenvalue weighted by atomic mass is 10.1. The molecule has 0 saturated carbocycles. The maximum absolute atomic E-state index is 3.52. The lowest BCUT2D eigenvalue weighted by Gasteiger charge is -2.33. The zero-order valence-corrected chi connectivity index (χ0v) is 12.5. The van der Waals surface area contributed by atoms with Crippen molar-refractivity contribution in [2.45, 2.75) is 19.0 Å². The maximum Gasteiger partial charge on any atom is 0.0230 e. The minimum Gasteiger partial charge on any atom is -0.314 e. The number of rotatable bonds is 5. The Morgan fingerprint density at radius 1 is 1.50 bits per heavy atom. The second-order valence-corrected chi connectivity index (χ2v) is 5.85. The third-order valence-electron chi connectivity index (χ3n) is 3.52. The van der Waals surface area contributed by atoms with Crippen LogP contribution in [0.4, 0.5) is 0 Å². The van der Waals surface area contributed by atoms with Crippen LogP contribution in [0.25, 0.3) is 0 Å². The molecule has 2 N–H and O–H groups in total. The van der Waals surface area contributed by atoms with Crippen molar-refractivity contribution in [1.82, 2.24) is 15.5 Å². The predicted molar refractivity (Wildman–Crippen MR) is 79.8 cm³/mol. The van der Waals surface area contributed by atoms with Gasteiger partial charge in [-0.15, -0.1) is 0 Å². The van der Waals surface area contributed by atoms with E-state index in [-0.39, 0.29) is 0 Å². The van der Waals surface area contributed by atoms with E-state index in [0.717, 1.165) is 37.2 Å². The Hall–Kier alpha value is -0.420. The second-order valence-electron chi connectivity index (χ2n) is 4.93. The van der Waals surface area contributed by atoms with E-state index in [2.05, 4.69) is 62.8 Å². The van der Waals surface area contributed by atoms with Crippen molar-refractivity contribution in [2.75, 3.05) is 33.2 Å². The Morgan fingerprint density at radius 3 is 3.17 bits per heavy atom.